The van der Waals surface area contributed by atoms with E-state index in [4.69, 9.17) is 4.74 Å². The highest BCUT2D eigenvalue weighted by Gasteiger charge is 2.18. The molecule has 0 aromatic rings. The van der Waals surface area contributed by atoms with Gasteiger partial charge in [0.1, 0.15) is 0 Å². The zero-order valence-corrected chi connectivity index (χ0v) is 44.2. The summed E-state index contributed by atoms with van der Waals surface area (Å²) in [5, 5.41) is 23.0. The zero-order valence-electron chi connectivity index (χ0n) is 44.2. The second-order valence-corrected chi connectivity index (χ2v) is 20.0. The third-order valence-corrected chi connectivity index (χ3v) is 13.4. The molecule has 0 saturated carbocycles. The molecule has 0 aliphatic rings. The molecule has 0 rings (SSSR count). The molecule has 0 heterocycles. The predicted molar refractivity (Wildman–Crippen MR) is 287 cm³/mol. The predicted octanol–water partition coefficient (Wildman–Crippen LogP) is 18.0. The van der Waals surface area contributed by atoms with E-state index in [1.54, 1.807) is 6.08 Å². The van der Waals surface area contributed by atoms with E-state index in [9.17, 15) is 19.8 Å². The fourth-order valence-electron chi connectivity index (χ4n) is 8.90. The summed E-state index contributed by atoms with van der Waals surface area (Å²) in [5.74, 6) is -0.0625. The molecular formula is C60H113NO5. The SMILES string of the molecule is CCCCCCCCCC/C=C/C(O)C(CO)NC(=O)CCCCCCCCCCCCC/C=C\C/C=C\CCCCCCCCCCCOC(=O)CCCCCCCCCCCCCC. The van der Waals surface area contributed by atoms with E-state index in [1.165, 1.54) is 238 Å². The van der Waals surface area contributed by atoms with Gasteiger partial charge < -0.3 is 20.3 Å². The molecule has 66 heavy (non-hydrogen) atoms. The van der Waals surface area contributed by atoms with Gasteiger partial charge in [-0.15, -0.1) is 0 Å². The Morgan fingerprint density at radius 3 is 1.15 bits per heavy atom. The van der Waals surface area contributed by atoms with Crippen LogP contribution in [0.2, 0.25) is 0 Å². The summed E-state index contributed by atoms with van der Waals surface area (Å²) >= 11 is 0. The molecule has 6 nitrogen and oxygen atoms in total. The minimum absolute atomic E-state index is 0.0106. The monoisotopic (exact) mass is 928 g/mol. The smallest absolute Gasteiger partial charge is 0.305 e. The fourth-order valence-corrected chi connectivity index (χ4v) is 8.90. The van der Waals surface area contributed by atoms with Gasteiger partial charge in [0.15, 0.2) is 0 Å². The quantitative estimate of drug-likeness (QED) is 0.0321. The van der Waals surface area contributed by atoms with E-state index in [2.05, 4.69) is 43.5 Å². The zero-order chi connectivity index (χ0) is 47.9. The summed E-state index contributed by atoms with van der Waals surface area (Å²) in [5.41, 5.74) is 0. The molecule has 0 aliphatic carbocycles. The third kappa shape index (κ3) is 51.5. The molecule has 6 heteroatoms. The largest absolute Gasteiger partial charge is 0.466 e. The summed E-state index contributed by atoms with van der Waals surface area (Å²) in [6, 6.07) is -0.628. The van der Waals surface area contributed by atoms with E-state index in [1.807, 2.05) is 6.08 Å². The molecule has 0 aromatic carbocycles. The van der Waals surface area contributed by atoms with Crippen LogP contribution in [0.1, 0.15) is 309 Å². The summed E-state index contributed by atoms with van der Waals surface area (Å²) < 4.78 is 5.47. The molecule has 0 aliphatic heterocycles. The Morgan fingerprint density at radius 2 is 0.758 bits per heavy atom. The molecule has 2 atom stereocenters. The number of hydrogen-bond acceptors (Lipinski definition) is 5. The number of carbonyl (C=O) groups is 2. The standard InChI is InChI=1S/C60H113NO5/c1-3-5-7-9-11-13-15-34-38-42-46-50-54-60(65)66-55-51-47-43-39-35-32-30-28-26-24-22-20-18-16-17-19-21-23-25-27-29-31-33-37-41-45-49-53-59(64)61-57(56-62)58(63)52-48-44-40-36-14-12-10-8-6-4-2/h16-17,20,22,48,52,57-58,62-63H,3-15,18-19,21,23-47,49-51,53-56H2,1-2H3,(H,61,64)/b17-16-,22-20-,52-48+. The molecule has 0 aromatic heterocycles. The minimum Gasteiger partial charge on any atom is -0.466 e. The van der Waals surface area contributed by atoms with Gasteiger partial charge in [-0.3, -0.25) is 9.59 Å². The Hall–Kier alpha value is -1.92. The molecule has 0 bridgehead atoms. The number of esters is 1. The summed E-state index contributed by atoms with van der Waals surface area (Å²) in [7, 11) is 0. The second kappa shape index (κ2) is 55.7. The van der Waals surface area contributed by atoms with Crippen LogP contribution >= 0.6 is 0 Å². The van der Waals surface area contributed by atoms with Crippen LogP contribution in [0.15, 0.2) is 36.5 Å². The van der Waals surface area contributed by atoms with Crippen molar-refractivity contribution in [3.63, 3.8) is 0 Å². The van der Waals surface area contributed by atoms with Crippen molar-refractivity contribution < 1.29 is 24.5 Å². The lowest BCUT2D eigenvalue weighted by atomic mass is 10.0. The van der Waals surface area contributed by atoms with Gasteiger partial charge in [-0.1, -0.05) is 269 Å². The molecule has 388 valence electrons. The Balaban J connectivity index is 3.42. The van der Waals surface area contributed by atoms with Crippen LogP contribution in [0.25, 0.3) is 0 Å². The van der Waals surface area contributed by atoms with E-state index in [0.29, 0.717) is 19.4 Å². The number of allylic oxidation sites excluding steroid dienone is 5. The van der Waals surface area contributed by atoms with E-state index in [0.717, 1.165) is 44.9 Å². The highest BCUT2D eigenvalue weighted by atomic mass is 16.5. The summed E-state index contributed by atoms with van der Waals surface area (Å²) in [6.07, 6.45) is 69.0. The number of carbonyl (C=O) groups excluding carboxylic acids is 2. The van der Waals surface area contributed by atoms with Crippen molar-refractivity contribution in [1.82, 2.24) is 5.32 Å². The summed E-state index contributed by atoms with van der Waals surface area (Å²) in [6.45, 7) is 4.88. The maximum absolute atomic E-state index is 12.4. The van der Waals surface area contributed by atoms with Gasteiger partial charge in [-0.2, -0.15) is 0 Å². The molecule has 0 spiro atoms. The number of amides is 1. The van der Waals surface area contributed by atoms with Crippen LogP contribution < -0.4 is 5.32 Å². The Kier molecular flexibility index (Phi) is 54.1. The van der Waals surface area contributed by atoms with Crippen molar-refractivity contribution in [2.24, 2.45) is 0 Å². The van der Waals surface area contributed by atoms with E-state index < -0.39 is 12.1 Å². The first-order valence-electron chi connectivity index (χ1n) is 29.3. The number of nitrogens with one attached hydrogen (secondary N) is 1. The van der Waals surface area contributed by atoms with Crippen LogP contribution in [0.5, 0.6) is 0 Å². The maximum Gasteiger partial charge on any atom is 0.305 e. The molecule has 0 saturated heterocycles. The topological polar surface area (TPSA) is 95.9 Å². The Morgan fingerprint density at radius 1 is 0.424 bits per heavy atom. The van der Waals surface area contributed by atoms with Crippen molar-refractivity contribution in [1.29, 1.82) is 0 Å². The fraction of sp³-hybridized carbons (Fsp3) is 0.867. The van der Waals surface area contributed by atoms with Crippen LogP contribution in [0, 0.1) is 0 Å². The maximum atomic E-state index is 12.4. The second-order valence-electron chi connectivity index (χ2n) is 20.0. The average molecular weight is 929 g/mol. The first-order chi connectivity index (χ1) is 32.5. The first kappa shape index (κ1) is 64.1. The number of rotatable bonds is 54. The van der Waals surface area contributed by atoms with Gasteiger partial charge in [-0.05, 0) is 64.2 Å². The number of ether oxygens (including phenoxy) is 1. The summed E-state index contributed by atoms with van der Waals surface area (Å²) in [4.78, 5) is 24.4. The Bertz CT molecular complexity index is 1070. The number of aliphatic hydroxyl groups is 2. The number of unbranched alkanes of at least 4 members (excludes halogenated alkanes) is 39. The van der Waals surface area contributed by atoms with E-state index in [-0.39, 0.29) is 18.5 Å². The van der Waals surface area contributed by atoms with Crippen LogP contribution in [-0.2, 0) is 14.3 Å². The van der Waals surface area contributed by atoms with Gasteiger partial charge in [0, 0.05) is 12.8 Å². The molecule has 0 fully saturated rings. The van der Waals surface area contributed by atoms with Gasteiger partial charge >= 0.3 is 5.97 Å². The van der Waals surface area contributed by atoms with Crippen molar-refractivity contribution in [2.45, 2.75) is 321 Å². The van der Waals surface area contributed by atoms with Crippen molar-refractivity contribution >= 4 is 11.9 Å². The van der Waals surface area contributed by atoms with Crippen molar-refractivity contribution in [2.75, 3.05) is 13.2 Å². The van der Waals surface area contributed by atoms with Gasteiger partial charge in [0.25, 0.3) is 0 Å². The van der Waals surface area contributed by atoms with Crippen LogP contribution in [0.4, 0.5) is 0 Å². The van der Waals surface area contributed by atoms with Crippen LogP contribution in [-0.4, -0.2) is 47.4 Å². The lowest BCUT2D eigenvalue weighted by Gasteiger charge is -2.20. The lowest BCUT2D eigenvalue weighted by Crippen LogP contribution is -2.45. The van der Waals surface area contributed by atoms with Crippen LogP contribution in [0.3, 0.4) is 0 Å². The molecule has 3 N–H and O–H groups in total. The minimum atomic E-state index is -0.844. The molecule has 2 unspecified atom stereocenters. The highest BCUT2D eigenvalue weighted by molar-refractivity contribution is 5.76. The van der Waals surface area contributed by atoms with Gasteiger partial charge in [0.2, 0.25) is 5.91 Å². The molecule has 1 amide bonds. The Labute approximate surface area is 411 Å². The highest BCUT2D eigenvalue weighted by Crippen LogP contribution is 2.16. The first-order valence-corrected chi connectivity index (χ1v) is 29.3. The molecular weight excluding hydrogens is 815 g/mol. The lowest BCUT2D eigenvalue weighted by molar-refractivity contribution is -0.143. The van der Waals surface area contributed by atoms with Crippen molar-refractivity contribution in [3.05, 3.63) is 36.5 Å². The van der Waals surface area contributed by atoms with Gasteiger partial charge in [0.05, 0.1) is 25.4 Å². The third-order valence-electron chi connectivity index (χ3n) is 13.4. The average Bonchev–Trinajstić information content (AvgIpc) is 3.32. The normalized spacial score (nSPS) is 12.8. The van der Waals surface area contributed by atoms with Crippen molar-refractivity contribution in [3.8, 4) is 0 Å². The van der Waals surface area contributed by atoms with Gasteiger partial charge in [-0.25, -0.2) is 0 Å². The molecule has 0 radical (unpaired) electrons. The van der Waals surface area contributed by atoms with E-state index >= 15 is 0 Å². The number of hydrogen-bond donors (Lipinski definition) is 3. The number of aliphatic hydroxyl groups excluding tert-OH is 2.